The first-order valence-electron chi connectivity index (χ1n) is 8.31. The second-order valence-corrected chi connectivity index (χ2v) is 6.77. The monoisotopic (exact) mass is 328 g/mol. The van der Waals surface area contributed by atoms with E-state index >= 15 is 0 Å². The van der Waals surface area contributed by atoms with Crippen LogP contribution in [0.25, 0.3) is 11.3 Å². The average Bonchev–Trinajstić information content (AvgIpc) is 3.02. The maximum atomic E-state index is 12.7. The summed E-state index contributed by atoms with van der Waals surface area (Å²) in [6.07, 6.45) is 1.16. The van der Waals surface area contributed by atoms with E-state index in [9.17, 15) is 4.79 Å². The van der Waals surface area contributed by atoms with E-state index in [1.54, 1.807) is 25.3 Å². The van der Waals surface area contributed by atoms with Crippen LogP contribution in [0.1, 0.15) is 30.8 Å². The first-order chi connectivity index (χ1) is 11.5. The summed E-state index contributed by atoms with van der Waals surface area (Å²) in [6, 6.07) is 8.93. The number of amides is 1. The molecule has 1 aliphatic rings. The number of carbonyl (C=O) groups is 1. The highest BCUT2D eigenvalue weighted by atomic mass is 16.5. The Morgan fingerprint density at radius 1 is 1.21 bits per heavy atom. The molecule has 128 valence electrons. The van der Waals surface area contributed by atoms with Crippen LogP contribution >= 0.6 is 0 Å². The zero-order valence-electron chi connectivity index (χ0n) is 14.4. The summed E-state index contributed by atoms with van der Waals surface area (Å²) in [6.45, 7) is 5.93. The molecular weight excluding hydrogens is 304 g/mol. The van der Waals surface area contributed by atoms with Crippen molar-refractivity contribution in [2.24, 2.45) is 11.8 Å². The molecule has 0 spiro atoms. The van der Waals surface area contributed by atoms with Gasteiger partial charge in [-0.05, 0) is 42.5 Å². The molecule has 3 rings (SSSR count). The number of benzene rings is 1. The SMILES string of the molecule is COc1ccc(-c2ccc(C(=O)N3C[C@H](C)C[C@H](C)C3)o2)c(N)c1. The number of nitrogen functional groups attached to an aromatic ring is 1. The Morgan fingerprint density at radius 2 is 1.92 bits per heavy atom. The van der Waals surface area contributed by atoms with Crippen LogP contribution < -0.4 is 10.5 Å². The molecule has 1 amide bonds. The molecule has 2 N–H and O–H groups in total. The van der Waals surface area contributed by atoms with Crippen molar-refractivity contribution in [2.75, 3.05) is 25.9 Å². The van der Waals surface area contributed by atoms with E-state index in [4.69, 9.17) is 14.9 Å². The third-order valence-corrected chi connectivity index (χ3v) is 4.50. The van der Waals surface area contributed by atoms with Crippen molar-refractivity contribution in [1.29, 1.82) is 0 Å². The molecule has 0 radical (unpaired) electrons. The maximum absolute atomic E-state index is 12.7. The summed E-state index contributed by atoms with van der Waals surface area (Å²) in [4.78, 5) is 14.6. The molecule has 1 fully saturated rings. The van der Waals surface area contributed by atoms with E-state index in [1.807, 2.05) is 17.0 Å². The maximum Gasteiger partial charge on any atom is 0.289 e. The number of hydrogen-bond donors (Lipinski definition) is 1. The number of likely N-dealkylation sites (tertiary alicyclic amines) is 1. The lowest BCUT2D eigenvalue weighted by molar-refractivity contribution is 0.0592. The van der Waals surface area contributed by atoms with E-state index in [0.29, 0.717) is 34.8 Å². The van der Waals surface area contributed by atoms with Crippen LogP contribution in [0.5, 0.6) is 5.75 Å². The standard InChI is InChI=1S/C19H24N2O3/c1-12-8-13(2)11-21(10-12)19(22)18-7-6-17(24-18)15-5-4-14(23-3)9-16(15)20/h4-7,9,12-13H,8,10-11,20H2,1-3H3/t12-,13+. The van der Waals surface area contributed by atoms with Gasteiger partial charge in [0.2, 0.25) is 0 Å². The Kier molecular flexibility index (Phi) is 4.51. The third-order valence-electron chi connectivity index (χ3n) is 4.50. The van der Waals surface area contributed by atoms with Gasteiger partial charge in [0, 0.05) is 30.4 Å². The number of methoxy groups -OCH3 is 1. The van der Waals surface area contributed by atoms with Gasteiger partial charge in [0.25, 0.3) is 5.91 Å². The molecule has 2 atom stereocenters. The molecule has 1 aromatic heterocycles. The van der Waals surface area contributed by atoms with Crippen LogP contribution in [0.4, 0.5) is 5.69 Å². The molecule has 2 aromatic rings. The largest absolute Gasteiger partial charge is 0.497 e. The Hall–Kier alpha value is -2.43. The third kappa shape index (κ3) is 3.25. The minimum Gasteiger partial charge on any atom is -0.497 e. The number of piperidine rings is 1. The highest BCUT2D eigenvalue weighted by Gasteiger charge is 2.28. The van der Waals surface area contributed by atoms with Crippen molar-refractivity contribution in [3.05, 3.63) is 36.1 Å². The zero-order valence-corrected chi connectivity index (χ0v) is 14.4. The van der Waals surface area contributed by atoms with Crippen molar-refractivity contribution < 1.29 is 13.9 Å². The van der Waals surface area contributed by atoms with Gasteiger partial charge in [0.15, 0.2) is 5.76 Å². The van der Waals surface area contributed by atoms with Gasteiger partial charge < -0.3 is 19.8 Å². The van der Waals surface area contributed by atoms with E-state index < -0.39 is 0 Å². The predicted molar refractivity (Wildman–Crippen MR) is 94.0 cm³/mol. The van der Waals surface area contributed by atoms with E-state index in [1.165, 1.54) is 0 Å². The number of carbonyl (C=O) groups excluding carboxylic acids is 1. The molecule has 0 saturated carbocycles. The minimum absolute atomic E-state index is 0.0493. The molecule has 5 nitrogen and oxygen atoms in total. The first-order valence-corrected chi connectivity index (χ1v) is 8.31. The van der Waals surface area contributed by atoms with Crippen LogP contribution in [0.15, 0.2) is 34.7 Å². The number of anilines is 1. The lowest BCUT2D eigenvalue weighted by atomic mass is 9.92. The number of hydrogen-bond acceptors (Lipinski definition) is 4. The molecule has 1 saturated heterocycles. The normalized spacial score (nSPS) is 20.9. The molecular formula is C19H24N2O3. The lowest BCUT2D eigenvalue weighted by Gasteiger charge is -2.34. The van der Waals surface area contributed by atoms with Crippen molar-refractivity contribution in [1.82, 2.24) is 4.90 Å². The minimum atomic E-state index is -0.0493. The van der Waals surface area contributed by atoms with Crippen LogP contribution in [0, 0.1) is 11.8 Å². The van der Waals surface area contributed by atoms with Gasteiger partial charge in [0.1, 0.15) is 11.5 Å². The van der Waals surface area contributed by atoms with Crippen molar-refractivity contribution in [3.63, 3.8) is 0 Å². The molecule has 1 aromatic carbocycles. The van der Waals surface area contributed by atoms with Crippen LogP contribution in [0.3, 0.4) is 0 Å². The van der Waals surface area contributed by atoms with Crippen LogP contribution in [-0.2, 0) is 0 Å². The molecule has 0 aliphatic carbocycles. The first kappa shape index (κ1) is 16.4. The van der Waals surface area contributed by atoms with Gasteiger partial charge in [-0.3, -0.25) is 4.79 Å². The summed E-state index contributed by atoms with van der Waals surface area (Å²) in [5, 5.41) is 0. The van der Waals surface area contributed by atoms with Gasteiger partial charge in [0.05, 0.1) is 7.11 Å². The van der Waals surface area contributed by atoms with Gasteiger partial charge in [-0.2, -0.15) is 0 Å². The quantitative estimate of drug-likeness (QED) is 0.873. The average molecular weight is 328 g/mol. The Labute approximate surface area is 142 Å². The van der Waals surface area contributed by atoms with Crippen LogP contribution in [-0.4, -0.2) is 31.0 Å². The molecule has 2 heterocycles. The number of nitrogens with two attached hydrogens (primary N) is 1. The molecule has 1 aliphatic heterocycles. The van der Waals surface area contributed by atoms with Crippen LogP contribution in [0.2, 0.25) is 0 Å². The fourth-order valence-corrected chi connectivity index (χ4v) is 3.47. The zero-order chi connectivity index (χ0) is 17.3. The molecule has 0 unspecified atom stereocenters. The molecule has 5 heteroatoms. The topological polar surface area (TPSA) is 68.7 Å². The summed E-state index contributed by atoms with van der Waals surface area (Å²) < 4.78 is 11.0. The second-order valence-electron chi connectivity index (χ2n) is 6.77. The summed E-state index contributed by atoms with van der Waals surface area (Å²) >= 11 is 0. The van der Waals surface area contributed by atoms with E-state index in [2.05, 4.69) is 13.8 Å². The van der Waals surface area contributed by atoms with Crippen molar-refractivity contribution >= 4 is 11.6 Å². The number of rotatable bonds is 3. The fraction of sp³-hybridized carbons (Fsp3) is 0.421. The van der Waals surface area contributed by atoms with E-state index in [-0.39, 0.29) is 5.91 Å². The smallest absolute Gasteiger partial charge is 0.289 e. The van der Waals surface area contributed by atoms with Gasteiger partial charge in [-0.1, -0.05) is 13.8 Å². The van der Waals surface area contributed by atoms with Gasteiger partial charge in [-0.25, -0.2) is 0 Å². The summed E-state index contributed by atoms with van der Waals surface area (Å²) in [7, 11) is 1.60. The lowest BCUT2D eigenvalue weighted by Crippen LogP contribution is -2.42. The second kappa shape index (κ2) is 6.59. The summed E-state index contributed by atoms with van der Waals surface area (Å²) in [5.74, 6) is 2.63. The Balaban J connectivity index is 1.81. The highest BCUT2D eigenvalue weighted by Crippen LogP contribution is 2.31. The Bertz CT molecular complexity index is 728. The van der Waals surface area contributed by atoms with E-state index in [0.717, 1.165) is 25.1 Å². The molecule has 0 bridgehead atoms. The van der Waals surface area contributed by atoms with Gasteiger partial charge in [-0.15, -0.1) is 0 Å². The Morgan fingerprint density at radius 3 is 2.54 bits per heavy atom. The summed E-state index contributed by atoms with van der Waals surface area (Å²) in [5.41, 5.74) is 7.38. The highest BCUT2D eigenvalue weighted by molar-refractivity contribution is 5.92. The number of nitrogens with zero attached hydrogens (tertiary/aromatic N) is 1. The van der Waals surface area contributed by atoms with Crippen molar-refractivity contribution in [2.45, 2.75) is 20.3 Å². The number of ether oxygens (including phenoxy) is 1. The van der Waals surface area contributed by atoms with Gasteiger partial charge >= 0.3 is 0 Å². The van der Waals surface area contributed by atoms with Crippen molar-refractivity contribution in [3.8, 4) is 17.1 Å². The molecule has 24 heavy (non-hydrogen) atoms. The fourth-order valence-electron chi connectivity index (χ4n) is 3.47. The number of furan rings is 1. The predicted octanol–water partition coefficient (Wildman–Crippen LogP) is 3.66.